The minimum absolute atomic E-state index is 0.0765. The third kappa shape index (κ3) is 5.31. The molecule has 0 radical (unpaired) electrons. The summed E-state index contributed by atoms with van der Waals surface area (Å²) in [6.45, 7) is 1.18. The van der Waals surface area contributed by atoms with Gasteiger partial charge in [0.1, 0.15) is 18.2 Å². The lowest BCUT2D eigenvalue weighted by Crippen LogP contribution is -2.17. The molecule has 1 aliphatic rings. The first kappa shape index (κ1) is 18.4. The predicted octanol–water partition coefficient (Wildman–Crippen LogP) is 4.69. The Morgan fingerprint density at radius 2 is 2.12 bits per heavy atom. The molecule has 1 fully saturated rings. The quantitative estimate of drug-likeness (QED) is 0.745. The molecule has 1 amide bonds. The largest absolute Gasteiger partial charge is 0.489 e. The Kier molecular flexibility index (Phi) is 6.26. The van der Waals surface area contributed by atoms with Crippen LogP contribution in [0.1, 0.15) is 18.4 Å². The zero-order chi connectivity index (χ0) is 18.4. The average Bonchev–Trinajstić information content (AvgIpc) is 3.14. The van der Waals surface area contributed by atoms with Gasteiger partial charge in [0.15, 0.2) is 0 Å². The summed E-state index contributed by atoms with van der Waals surface area (Å²) in [5.74, 6) is -0.120. The number of carbonyl (C=O) groups excluding carboxylic acids is 1. The number of halogens is 2. The number of anilines is 1. The van der Waals surface area contributed by atoms with Gasteiger partial charge in [-0.3, -0.25) is 4.79 Å². The highest BCUT2D eigenvalue weighted by Crippen LogP contribution is 2.29. The molecule has 0 spiro atoms. The minimum Gasteiger partial charge on any atom is -0.489 e. The molecule has 0 aromatic heterocycles. The van der Waals surface area contributed by atoms with E-state index in [0.29, 0.717) is 23.1 Å². The zero-order valence-corrected chi connectivity index (χ0v) is 14.8. The molecule has 3 rings (SSSR count). The highest BCUT2D eigenvalue weighted by Gasteiger charge is 2.17. The van der Waals surface area contributed by atoms with Crippen LogP contribution in [0.3, 0.4) is 0 Å². The number of carbonyl (C=O) groups is 1. The van der Waals surface area contributed by atoms with Gasteiger partial charge in [-0.15, -0.1) is 0 Å². The van der Waals surface area contributed by atoms with Crippen molar-refractivity contribution in [3.05, 3.63) is 64.9 Å². The van der Waals surface area contributed by atoms with Gasteiger partial charge in [0.25, 0.3) is 0 Å². The molecule has 26 heavy (non-hydrogen) atoms. The molecule has 2 aromatic carbocycles. The van der Waals surface area contributed by atoms with Crippen molar-refractivity contribution in [3.63, 3.8) is 0 Å². The Morgan fingerprint density at radius 3 is 2.85 bits per heavy atom. The number of amides is 1. The summed E-state index contributed by atoms with van der Waals surface area (Å²) in [6, 6.07) is 10.9. The maximum absolute atomic E-state index is 12.9. The monoisotopic (exact) mass is 375 g/mol. The van der Waals surface area contributed by atoms with E-state index >= 15 is 0 Å². The molecular weight excluding hydrogens is 357 g/mol. The van der Waals surface area contributed by atoms with Crippen LogP contribution in [0.4, 0.5) is 10.1 Å². The Morgan fingerprint density at radius 1 is 1.31 bits per heavy atom. The van der Waals surface area contributed by atoms with Crippen LogP contribution in [0.15, 0.2) is 48.5 Å². The molecule has 0 aliphatic carbocycles. The summed E-state index contributed by atoms with van der Waals surface area (Å²) in [7, 11) is 0. The normalized spacial score (nSPS) is 16.8. The Hall–Kier alpha value is -2.37. The maximum Gasteiger partial charge on any atom is 0.248 e. The van der Waals surface area contributed by atoms with Crippen molar-refractivity contribution >= 4 is 29.3 Å². The van der Waals surface area contributed by atoms with Gasteiger partial charge in [0, 0.05) is 17.7 Å². The van der Waals surface area contributed by atoms with Crippen molar-refractivity contribution < 1.29 is 18.7 Å². The Labute approximate surface area is 156 Å². The van der Waals surface area contributed by atoms with Crippen LogP contribution >= 0.6 is 11.6 Å². The molecule has 1 atom stereocenters. The molecule has 136 valence electrons. The van der Waals surface area contributed by atoms with Gasteiger partial charge in [0.2, 0.25) is 5.91 Å². The number of rotatable bonds is 6. The van der Waals surface area contributed by atoms with E-state index in [9.17, 15) is 9.18 Å². The van der Waals surface area contributed by atoms with E-state index in [0.717, 1.165) is 25.0 Å². The van der Waals surface area contributed by atoms with Crippen molar-refractivity contribution in [2.45, 2.75) is 18.9 Å². The molecule has 1 saturated heterocycles. The fourth-order valence-corrected chi connectivity index (χ4v) is 2.78. The first-order chi connectivity index (χ1) is 12.6. The lowest BCUT2D eigenvalue weighted by Gasteiger charge is -2.15. The number of hydrogen-bond acceptors (Lipinski definition) is 3. The second-order valence-corrected chi connectivity index (χ2v) is 6.40. The lowest BCUT2D eigenvalue weighted by atomic mass is 10.2. The van der Waals surface area contributed by atoms with Gasteiger partial charge in [-0.2, -0.15) is 0 Å². The van der Waals surface area contributed by atoms with Gasteiger partial charge in [-0.25, -0.2) is 4.39 Å². The number of benzene rings is 2. The third-order valence-corrected chi connectivity index (χ3v) is 4.18. The smallest absolute Gasteiger partial charge is 0.248 e. The molecule has 2 aromatic rings. The van der Waals surface area contributed by atoms with Crippen molar-refractivity contribution in [1.82, 2.24) is 0 Å². The molecule has 4 nitrogen and oxygen atoms in total. The fourth-order valence-electron chi connectivity index (χ4n) is 2.60. The zero-order valence-electron chi connectivity index (χ0n) is 14.1. The van der Waals surface area contributed by atoms with E-state index in [4.69, 9.17) is 21.1 Å². The van der Waals surface area contributed by atoms with E-state index in [1.54, 1.807) is 36.4 Å². The van der Waals surface area contributed by atoms with E-state index in [1.165, 1.54) is 18.2 Å². The van der Waals surface area contributed by atoms with Crippen LogP contribution in [0.5, 0.6) is 5.75 Å². The lowest BCUT2D eigenvalue weighted by molar-refractivity contribution is -0.111. The molecular formula is C20H19ClFNO3. The molecule has 1 N–H and O–H groups in total. The van der Waals surface area contributed by atoms with Crippen LogP contribution in [-0.4, -0.2) is 25.2 Å². The second kappa shape index (κ2) is 8.83. The van der Waals surface area contributed by atoms with Crippen LogP contribution in [-0.2, 0) is 9.53 Å². The summed E-state index contributed by atoms with van der Waals surface area (Å²) >= 11 is 6.03. The van der Waals surface area contributed by atoms with Gasteiger partial charge in [0.05, 0.1) is 11.8 Å². The molecule has 0 bridgehead atoms. The molecule has 1 aliphatic heterocycles. The summed E-state index contributed by atoms with van der Waals surface area (Å²) in [6.07, 6.45) is 5.05. The van der Waals surface area contributed by atoms with Gasteiger partial charge in [-0.05, 0) is 54.8 Å². The topological polar surface area (TPSA) is 47.6 Å². The number of ether oxygens (including phenoxy) is 2. The van der Waals surface area contributed by atoms with Crippen molar-refractivity contribution in [2.24, 2.45) is 0 Å². The van der Waals surface area contributed by atoms with Crippen LogP contribution in [0.2, 0.25) is 5.02 Å². The van der Waals surface area contributed by atoms with Crippen LogP contribution < -0.4 is 10.1 Å². The first-order valence-electron chi connectivity index (χ1n) is 8.39. The first-order valence-corrected chi connectivity index (χ1v) is 8.76. The minimum atomic E-state index is -0.335. The molecule has 1 unspecified atom stereocenters. The standard InChI is InChI=1S/C20H19ClFNO3/c21-15-6-9-19(26-13-17-2-1-11-25-17)18(12-15)23-20(24)10-5-14-3-7-16(22)8-4-14/h3-10,12,17H,1-2,11,13H2,(H,23,24)/b10-5+. The fraction of sp³-hybridized carbons (Fsp3) is 0.250. The second-order valence-electron chi connectivity index (χ2n) is 5.96. The van der Waals surface area contributed by atoms with E-state index in [-0.39, 0.29) is 17.8 Å². The maximum atomic E-state index is 12.9. The van der Waals surface area contributed by atoms with Crippen molar-refractivity contribution in [3.8, 4) is 5.75 Å². The highest BCUT2D eigenvalue weighted by molar-refractivity contribution is 6.31. The summed E-state index contributed by atoms with van der Waals surface area (Å²) in [5.41, 5.74) is 1.21. The Bertz CT molecular complexity index is 786. The van der Waals surface area contributed by atoms with Gasteiger partial charge >= 0.3 is 0 Å². The Balaban J connectivity index is 1.64. The van der Waals surface area contributed by atoms with E-state index in [1.807, 2.05) is 0 Å². The SMILES string of the molecule is O=C(/C=C/c1ccc(F)cc1)Nc1cc(Cl)ccc1OCC1CCCO1. The van der Waals surface area contributed by atoms with Crippen molar-refractivity contribution in [2.75, 3.05) is 18.5 Å². The summed E-state index contributed by atoms with van der Waals surface area (Å²) in [4.78, 5) is 12.2. The molecule has 0 saturated carbocycles. The predicted molar refractivity (Wildman–Crippen MR) is 100.0 cm³/mol. The summed E-state index contributed by atoms with van der Waals surface area (Å²) in [5, 5.41) is 3.25. The van der Waals surface area contributed by atoms with Gasteiger partial charge < -0.3 is 14.8 Å². The molecule has 6 heteroatoms. The highest BCUT2D eigenvalue weighted by atomic mass is 35.5. The number of hydrogen-bond donors (Lipinski definition) is 1. The number of nitrogens with one attached hydrogen (secondary N) is 1. The van der Waals surface area contributed by atoms with Crippen LogP contribution in [0, 0.1) is 5.82 Å². The van der Waals surface area contributed by atoms with E-state index < -0.39 is 0 Å². The summed E-state index contributed by atoms with van der Waals surface area (Å²) < 4.78 is 24.2. The van der Waals surface area contributed by atoms with E-state index in [2.05, 4.69) is 5.32 Å². The molecule has 1 heterocycles. The average molecular weight is 376 g/mol. The van der Waals surface area contributed by atoms with Crippen LogP contribution in [0.25, 0.3) is 6.08 Å². The third-order valence-electron chi connectivity index (χ3n) is 3.95. The van der Waals surface area contributed by atoms with Crippen molar-refractivity contribution in [1.29, 1.82) is 0 Å². The van der Waals surface area contributed by atoms with Gasteiger partial charge in [-0.1, -0.05) is 23.7 Å².